The average molecular weight is 358 g/mol. The van der Waals surface area contributed by atoms with E-state index in [-0.39, 0.29) is 24.1 Å². The van der Waals surface area contributed by atoms with Gasteiger partial charge in [-0.05, 0) is 50.6 Å². The molecule has 3 rings (SSSR count). The highest BCUT2D eigenvalue weighted by Gasteiger charge is 2.38. The predicted molar refractivity (Wildman–Crippen MR) is 97.3 cm³/mol. The van der Waals surface area contributed by atoms with Gasteiger partial charge in [0.05, 0.1) is 0 Å². The van der Waals surface area contributed by atoms with E-state index in [1.807, 2.05) is 25.2 Å². The molecule has 1 aromatic rings. The number of fused-ring (bicyclic) bond motifs is 1. The Kier molecular flexibility index (Phi) is 5.68. The molecule has 0 spiro atoms. The standard InChI is InChI=1S/C19H26N4O3/c1-12(20-2)7-8-21-10-13-3-4-15-14(9-13)11-23(19(15)26)16-5-6-17(24)22-18(16)25/h3-4,9,12,16,20-21H,5-8,10-11H2,1-2H3,(H,22,24,25). The number of benzene rings is 1. The van der Waals surface area contributed by atoms with Crippen LogP contribution in [0.25, 0.3) is 0 Å². The number of hydrogen-bond acceptors (Lipinski definition) is 5. The fraction of sp³-hybridized carbons (Fsp3) is 0.526. The lowest BCUT2D eigenvalue weighted by Crippen LogP contribution is -2.52. The zero-order chi connectivity index (χ0) is 18.7. The molecule has 1 fully saturated rings. The molecule has 0 aromatic heterocycles. The fourth-order valence-corrected chi connectivity index (χ4v) is 3.43. The van der Waals surface area contributed by atoms with E-state index < -0.39 is 6.04 Å². The Morgan fingerprint density at radius 3 is 2.85 bits per heavy atom. The molecular weight excluding hydrogens is 332 g/mol. The van der Waals surface area contributed by atoms with Crippen molar-refractivity contribution in [1.29, 1.82) is 0 Å². The van der Waals surface area contributed by atoms with Crippen molar-refractivity contribution in [2.45, 2.75) is 51.4 Å². The molecule has 1 saturated heterocycles. The maximum absolute atomic E-state index is 12.6. The summed E-state index contributed by atoms with van der Waals surface area (Å²) in [7, 11) is 1.95. The molecule has 1 aromatic carbocycles. The van der Waals surface area contributed by atoms with Gasteiger partial charge in [-0.2, -0.15) is 0 Å². The lowest BCUT2D eigenvalue weighted by atomic mass is 10.0. The number of piperidine rings is 1. The first-order valence-corrected chi connectivity index (χ1v) is 9.14. The van der Waals surface area contributed by atoms with Gasteiger partial charge in [-0.1, -0.05) is 12.1 Å². The number of nitrogens with one attached hydrogen (secondary N) is 3. The Bertz CT molecular complexity index is 719. The maximum atomic E-state index is 12.6. The van der Waals surface area contributed by atoms with Crippen molar-refractivity contribution in [3.05, 3.63) is 34.9 Å². The van der Waals surface area contributed by atoms with Crippen molar-refractivity contribution in [2.24, 2.45) is 0 Å². The molecule has 2 heterocycles. The molecule has 0 bridgehead atoms. The van der Waals surface area contributed by atoms with Crippen LogP contribution < -0.4 is 16.0 Å². The van der Waals surface area contributed by atoms with Crippen LogP contribution >= 0.6 is 0 Å². The molecule has 7 nitrogen and oxygen atoms in total. The first-order valence-electron chi connectivity index (χ1n) is 9.14. The highest BCUT2D eigenvalue weighted by Crippen LogP contribution is 2.28. The minimum absolute atomic E-state index is 0.128. The molecule has 3 N–H and O–H groups in total. The Labute approximate surface area is 153 Å². The number of hydrogen-bond donors (Lipinski definition) is 3. The van der Waals surface area contributed by atoms with Crippen molar-refractivity contribution in [2.75, 3.05) is 13.6 Å². The van der Waals surface area contributed by atoms with E-state index >= 15 is 0 Å². The largest absolute Gasteiger partial charge is 0.322 e. The summed E-state index contributed by atoms with van der Waals surface area (Å²) in [5.41, 5.74) is 2.73. The SMILES string of the molecule is CNC(C)CCNCc1ccc2c(c1)CN(C1CCC(=O)NC1=O)C2=O. The van der Waals surface area contributed by atoms with Gasteiger partial charge in [0.2, 0.25) is 11.8 Å². The van der Waals surface area contributed by atoms with Gasteiger partial charge in [0.1, 0.15) is 6.04 Å². The molecule has 0 aliphatic carbocycles. The summed E-state index contributed by atoms with van der Waals surface area (Å²) in [5, 5.41) is 8.95. The molecule has 0 saturated carbocycles. The third kappa shape index (κ3) is 3.94. The van der Waals surface area contributed by atoms with Gasteiger partial charge in [-0.15, -0.1) is 0 Å². The van der Waals surface area contributed by atoms with Crippen LogP contribution in [0.5, 0.6) is 0 Å². The van der Waals surface area contributed by atoms with Crippen LogP contribution in [0.1, 0.15) is 47.7 Å². The molecular formula is C19H26N4O3. The van der Waals surface area contributed by atoms with E-state index in [4.69, 9.17) is 0 Å². The van der Waals surface area contributed by atoms with Gasteiger partial charge < -0.3 is 15.5 Å². The van der Waals surface area contributed by atoms with Gasteiger partial charge >= 0.3 is 0 Å². The second-order valence-corrected chi connectivity index (χ2v) is 7.05. The van der Waals surface area contributed by atoms with E-state index in [9.17, 15) is 14.4 Å². The number of carbonyl (C=O) groups is 3. The summed E-state index contributed by atoms with van der Waals surface area (Å²) in [6.45, 7) is 4.23. The van der Waals surface area contributed by atoms with Crippen LogP contribution in [0.3, 0.4) is 0 Å². The van der Waals surface area contributed by atoms with Crippen LogP contribution in [0.15, 0.2) is 18.2 Å². The number of amides is 3. The quantitative estimate of drug-likeness (QED) is 0.489. The summed E-state index contributed by atoms with van der Waals surface area (Å²) in [4.78, 5) is 37.6. The fourth-order valence-electron chi connectivity index (χ4n) is 3.43. The lowest BCUT2D eigenvalue weighted by molar-refractivity contribution is -0.136. The minimum atomic E-state index is -0.558. The van der Waals surface area contributed by atoms with E-state index in [1.165, 1.54) is 0 Å². The number of imide groups is 1. The van der Waals surface area contributed by atoms with E-state index in [1.54, 1.807) is 4.90 Å². The lowest BCUT2D eigenvalue weighted by Gasteiger charge is -2.29. The van der Waals surface area contributed by atoms with Crippen molar-refractivity contribution < 1.29 is 14.4 Å². The Morgan fingerprint density at radius 1 is 1.31 bits per heavy atom. The smallest absolute Gasteiger partial charge is 0.255 e. The summed E-state index contributed by atoms with van der Waals surface area (Å²) in [6.07, 6.45) is 1.71. The van der Waals surface area contributed by atoms with Crippen LogP contribution in [0.4, 0.5) is 0 Å². The van der Waals surface area contributed by atoms with Crippen molar-refractivity contribution in [3.8, 4) is 0 Å². The van der Waals surface area contributed by atoms with E-state index in [2.05, 4.69) is 22.9 Å². The summed E-state index contributed by atoms with van der Waals surface area (Å²) in [5.74, 6) is -0.767. The van der Waals surface area contributed by atoms with Gasteiger partial charge in [-0.25, -0.2) is 0 Å². The van der Waals surface area contributed by atoms with E-state index in [0.29, 0.717) is 24.6 Å². The minimum Gasteiger partial charge on any atom is -0.322 e. The van der Waals surface area contributed by atoms with E-state index in [0.717, 1.165) is 30.6 Å². The number of nitrogens with zero attached hydrogens (tertiary/aromatic N) is 1. The molecule has 7 heteroatoms. The second kappa shape index (κ2) is 7.97. The van der Waals surface area contributed by atoms with Crippen molar-refractivity contribution in [1.82, 2.24) is 20.9 Å². The van der Waals surface area contributed by atoms with Crippen molar-refractivity contribution >= 4 is 17.7 Å². The van der Waals surface area contributed by atoms with Gasteiger partial charge in [0, 0.05) is 31.1 Å². The topological polar surface area (TPSA) is 90.5 Å². The first kappa shape index (κ1) is 18.5. The van der Waals surface area contributed by atoms with Gasteiger partial charge in [-0.3, -0.25) is 19.7 Å². The van der Waals surface area contributed by atoms with Gasteiger partial charge in [0.15, 0.2) is 0 Å². The Hall–Kier alpha value is -2.25. The normalized spacial score (nSPS) is 20.9. The zero-order valence-corrected chi connectivity index (χ0v) is 15.3. The highest BCUT2D eigenvalue weighted by atomic mass is 16.2. The molecule has 2 unspecified atom stereocenters. The molecule has 2 aliphatic rings. The van der Waals surface area contributed by atoms with Crippen LogP contribution in [0.2, 0.25) is 0 Å². The third-order valence-electron chi connectivity index (χ3n) is 5.16. The summed E-state index contributed by atoms with van der Waals surface area (Å²) in [6, 6.07) is 5.75. The first-order chi connectivity index (χ1) is 12.5. The number of carbonyl (C=O) groups excluding carboxylic acids is 3. The zero-order valence-electron chi connectivity index (χ0n) is 15.3. The van der Waals surface area contributed by atoms with Crippen LogP contribution in [0, 0.1) is 0 Å². The average Bonchev–Trinajstić information content (AvgIpc) is 2.94. The predicted octanol–water partition coefficient (Wildman–Crippen LogP) is 0.535. The monoisotopic (exact) mass is 358 g/mol. The van der Waals surface area contributed by atoms with Crippen molar-refractivity contribution in [3.63, 3.8) is 0 Å². The Balaban J connectivity index is 1.61. The molecule has 140 valence electrons. The molecule has 0 radical (unpaired) electrons. The molecule has 2 atom stereocenters. The van der Waals surface area contributed by atoms with Crippen LogP contribution in [-0.4, -0.2) is 48.3 Å². The van der Waals surface area contributed by atoms with Crippen LogP contribution in [-0.2, 0) is 22.7 Å². The summed E-state index contributed by atoms with van der Waals surface area (Å²) < 4.78 is 0. The number of rotatable bonds is 7. The Morgan fingerprint density at radius 2 is 2.12 bits per heavy atom. The van der Waals surface area contributed by atoms with Gasteiger partial charge in [0.25, 0.3) is 5.91 Å². The summed E-state index contributed by atoms with van der Waals surface area (Å²) >= 11 is 0. The third-order valence-corrected chi connectivity index (χ3v) is 5.16. The molecule has 26 heavy (non-hydrogen) atoms. The maximum Gasteiger partial charge on any atom is 0.255 e. The molecule has 3 amide bonds. The second-order valence-electron chi connectivity index (χ2n) is 7.05. The highest BCUT2D eigenvalue weighted by molar-refractivity contribution is 6.05. The molecule has 2 aliphatic heterocycles.